The van der Waals surface area contributed by atoms with Gasteiger partial charge in [-0.2, -0.15) is 0 Å². The average Bonchev–Trinajstić information content (AvgIpc) is 3.46. The van der Waals surface area contributed by atoms with E-state index in [1.54, 1.807) is 24.3 Å². The van der Waals surface area contributed by atoms with Crippen molar-refractivity contribution in [3.63, 3.8) is 0 Å². The zero-order valence-electron chi connectivity index (χ0n) is 33.8. The minimum absolute atomic E-state index is 0.215. The molecule has 3 rings (SSSR count). The van der Waals surface area contributed by atoms with Crippen molar-refractivity contribution in [2.24, 2.45) is 0 Å². The molecule has 0 bridgehead atoms. The van der Waals surface area contributed by atoms with E-state index in [9.17, 15) is 9.59 Å². The Morgan fingerprint density at radius 2 is 0.768 bits per heavy atom. The summed E-state index contributed by atoms with van der Waals surface area (Å²) in [5, 5.41) is 0. The zero-order valence-corrected chi connectivity index (χ0v) is 33.8. The molecule has 13 heteroatoms. The SMILES string of the molecule is CCCCCCCCCc1ccc(OCCOCCOCCOCCOCCOCCOCCOCCOCCOCCN2C(=O)c3ccccc3C2=O)cc1. The third-order valence-electron chi connectivity index (χ3n) is 8.80. The minimum atomic E-state index is -0.276. The second-order valence-electron chi connectivity index (χ2n) is 13.2. The fourth-order valence-corrected chi connectivity index (χ4v) is 5.72. The second-order valence-corrected chi connectivity index (χ2v) is 13.2. The lowest BCUT2D eigenvalue weighted by Gasteiger charge is -2.13. The van der Waals surface area contributed by atoms with Crippen LogP contribution in [0.1, 0.15) is 78.1 Å². The first-order valence-electron chi connectivity index (χ1n) is 20.6. The van der Waals surface area contributed by atoms with E-state index in [0.717, 1.165) is 12.2 Å². The standard InChI is InChI=1S/C43H67NO12/c1-2-3-4-5-6-7-8-11-38-14-16-39(17-15-38)56-37-36-55-35-34-54-33-32-53-31-30-52-29-28-51-27-26-50-25-24-49-23-22-48-21-20-47-19-18-44-42(45)40-12-9-10-13-41(40)43(44)46/h9-10,12-17H,2-8,11,18-37H2,1H3. The zero-order chi connectivity index (χ0) is 39.6. The third kappa shape index (κ3) is 22.1. The van der Waals surface area contributed by atoms with Gasteiger partial charge in [-0.3, -0.25) is 14.5 Å². The van der Waals surface area contributed by atoms with E-state index in [1.165, 1.54) is 55.4 Å². The van der Waals surface area contributed by atoms with Crippen molar-refractivity contribution in [3.05, 3.63) is 65.2 Å². The number of hydrogen-bond acceptors (Lipinski definition) is 12. The van der Waals surface area contributed by atoms with Crippen LogP contribution in [0.4, 0.5) is 0 Å². The summed E-state index contributed by atoms with van der Waals surface area (Å²) in [4.78, 5) is 25.9. The second kappa shape index (κ2) is 33.0. The van der Waals surface area contributed by atoms with Crippen LogP contribution >= 0.6 is 0 Å². The molecule has 0 unspecified atom stereocenters. The number of nitrogens with zero attached hydrogens (tertiary/aromatic N) is 1. The molecule has 0 radical (unpaired) electrons. The first-order chi connectivity index (χ1) is 27.7. The largest absolute Gasteiger partial charge is 0.491 e. The monoisotopic (exact) mass is 789 g/mol. The Morgan fingerprint density at radius 1 is 0.411 bits per heavy atom. The molecule has 2 aromatic rings. The predicted octanol–water partition coefficient (Wildman–Crippen LogP) is 5.80. The van der Waals surface area contributed by atoms with Crippen molar-refractivity contribution in [2.75, 3.05) is 132 Å². The highest BCUT2D eigenvalue weighted by atomic mass is 16.6. The summed E-state index contributed by atoms with van der Waals surface area (Å²) in [5.74, 6) is 0.328. The Bertz CT molecular complexity index is 1230. The van der Waals surface area contributed by atoms with Gasteiger partial charge in [0, 0.05) is 0 Å². The summed E-state index contributed by atoms with van der Waals surface area (Å²) < 4.78 is 55.5. The minimum Gasteiger partial charge on any atom is -0.491 e. The first-order valence-corrected chi connectivity index (χ1v) is 20.6. The van der Waals surface area contributed by atoms with E-state index in [2.05, 4.69) is 19.1 Å². The Kier molecular flexibility index (Phi) is 28.0. The molecule has 1 heterocycles. The van der Waals surface area contributed by atoms with Crippen molar-refractivity contribution in [2.45, 2.75) is 58.3 Å². The van der Waals surface area contributed by atoms with Crippen LogP contribution in [-0.2, 0) is 49.1 Å². The number of carbonyl (C=O) groups is 2. The number of carbonyl (C=O) groups excluding carboxylic acids is 2. The molecule has 0 N–H and O–H groups in total. The van der Waals surface area contributed by atoms with E-state index in [1.807, 2.05) is 12.1 Å². The van der Waals surface area contributed by atoms with Crippen LogP contribution in [0.5, 0.6) is 5.75 Å². The molecule has 0 fully saturated rings. The van der Waals surface area contributed by atoms with Gasteiger partial charge in [0.05, 0.1) is 137 Å². The maximum absolute atomic E-state index is 12.3. The molecular formula is C43H67NO12. The van der Waals surface area contributed by atoms with Gasteiger partial charge in [-0.05, 0) is 42.7 Å². The molecule has 2 amide bonds. The van der Waals surface area contributed by atoms with Crippen molar-refractivity contribution >= 4 is 11.8 Å². The fourth-order valence-electron chi connectivity index (χ4n) is 5.72. The number of ether oxygens (including phenoxy) is 10. The molecule has 0 saturated carbocycles. The van der Waals surface area contributed by atoms with Gasteiger partial charge in [-0.25, -0.2) is 0 Å². The average molecular weight is 790 g/mol. The van der Waals surface area contributed by atoms with Crippen molar-refractivity contribution in [1.29, 1.82) is 0 Å². The predicted molar refractivity (Wildman–Crippen MR) is 213 cm³/mol. The van der Waals surface area contributed by atoms with Gasteiger partial charge in [-0.1, -0.05) is 69.7 Å². The lowest BCUT2D eigenvalue weighted by molar-refractivity contribution is -0.0255. The van der Waals surface area contributed by atoms with Crippen LogP contribution < -0.4 is 4.74 Å². The normalized spacial score (nSPS) is 12.6. The van der Waals surface area contributed by atoms with E-state index >= 15 is 0 Å². The number of amides is 2. The molecule has 1 aliphatic rings. The van der Waals surface area contributed by atoms with E-state index < -0.39 is 0 Å². The number of rotatable bonds is 39. The van der Waals surface area contributed by atoms with Gasteiger partial charge in [0.15, 0.2) is 0 Å². The Balaban J connectivity index is 0.935. The highest BCUT2D eigenvalue weighted by Crippen LogP contribution is 2.22. The third-order valence-corrected chi connectivity index (χ3v) is 8.80. The number of imide groups is 1. The summed E-state index contributed by atoms with van der Waals surface area (Å²) in [7, 11) is 0. The Morgan fingerprint density at radius 3 is 1.18 bits per heavy atom. The van der Waals surface area contributed by atoms with Crippen LogP contribution in [-0.4, -0.2) is 149 Å². The van der Waals surface area contributed by atoms with Gasteiger partial charge in [-0.15, -0.1) is 0 Å². The summed E-state index contributed by atoms with van der Waals surface area (Å²) in [6.07, 6.45) is 10.5. The highest BCUT2D eigenvalue weighted by molar-refractivity contribution is 6.21. The van der Waals surface area contributed by atoms with E-state index in [4.69, 9.17) is 47.4 Å². The maximum atomic E-state index is 12.3. The molecule has 56 heavy (non-hydrogen) atoms. The highest BCUT2D eigenvalue weighted by Gasteiger charge is 2.34. The summed E-state index contributed by atoms with van der Waals surface area (Å²) in [6, 6.07) is 15.3. The molecule has 1 aliphatic heterocycles. The molecule has 0 saturated heterocycles. The molecule has 2 aromatic carbocycles. The van der Waals surface area contributed by atoms with Gasteiger partial charge >= 0.3 is 0 Å². The quantitative estimate of drug-likeness (QED) is 0.0600. The fraction of sp³-hybridized carbons (Fsp3) is 0.674. The lowest BCUT2D eigenvalue weighted by atomic mass is 10.0. The molecule has 0 aromatic heterocycles. The number of aryl methyl sites for hydroxylation is 1. The first kappa shape index (κ1) is 47.4. The molecule has 13 nitrogen and oxygen atoms in total. The number of hydrogen-bond donors (Lipinski definition) is 0. The van der Waals surface area contributed by atoms with Gasteiger partial charge < -0.3 is 47.4 Å². The van der Waals surface area contributed by atoms with Crippen LogP contribution in [0, 0.1) is 0 Å². The maximum Gasteiger partial charge on any atom is 0.261 e. The molecular weight excluding hydrogens is 722 g/mol. The molecule has 0 atom stereocenters. The van der Waals surface area contributed by atoms with Crippen LogP contribution in [0.3, 0.4) is 0 Å². The van der Waals surface area contributed by atoms with Gasteiger partial charge in [0.2, 0.25) is 0 Å². The number of unbranched alkanes of at least 4 members (excludes halogenated alkanes) is 6. The van der Waals surface area contributed by atoms with Crippen molar-refractivity contribution in [3.8, 4) is 5.75 Å². The van der Waals surface area contributed by atoms with E-state index in [0.29, 0.717) is 130 Å². The van der Waals surface area contributed by atoms with Crippen LogP contribution in [0.15, 0.2) is 48.5 Å². The van der Waals surface area contributed by atoms with Crippen molar-refractivity contribution in [1.82, 2.24) is 4.90 Å². The molecule has 0 aliphatic carbocycles. The van der Waals surface area contributed by atoms with Crippen molar-refractivity contribution < 1.29 is 57.0 Å². The topological polar surface area (TPSA) is 130 Å². The smallest absolute Gasteiger partial charge is 0.261 e. The molecule has 0 spiro atoms. The van der Waals surface area contributed by atoms with E-state index in [-0.39, 0.29) is 25.0 Å². The number of benzene rings is 2. The van der Waals surface area contributed by atoms with Crippen LogP contribution in [0.25, 0.3) is 0 Å². The number of fused-ring (bicyclic) bond motifs is 1. The Hall–Kier alpha value is -2.98. The summed E-state index contributed by atoms with van der Waals surface area (Å²) in [6.45, 7) is 11.4. The Labute approximate surface area is 334 Å². The molecule has 316 valence electrons. The van der Waals surface area contributed by atoms with Gasteiger partial charge in [0.25, 0.3) is 11.8 Å². The summed E-state index contributed by atoms with van der Waals surface area (Å²) in [5.41, 5.74) is 2.26. The van der Waals surface area contributed by atoms with Gasteiger partial charge in [0.1, 0.15) is 12.4 Å². The van der Waals surface area contributed by atoms with Crippen LogP contribution in [0.2, 0.25) is 0 Å². The summed E-state index contributed by atoms with van der Waals surface area (Å²) >= 11 is 0. The lowest BCUT2D eigenvalue weighted by Crippen LogP contribution is -2.33.